The van der Waals surface area contributed by atoms with Crippen molar-refractivity contribution in [1.82, 2.24) is 14.5 Å². The minimum absolute atomic E-state index is 0.0290. The highest BCUT2D eigenvalue weighted by Crippen LogP contribution is 2.28. The Hall–Kier alpha value is -2.83. The molecule has 29 heavy (non-hydrogen) atoms. The third-order valence-electron chi connectivity index (χ3n) is 5.71. The zero-order valence-electron chi connectivity index (χ0n) is 15.9. The first-order valence-electron chi connectivity index (χ1n) is 9.87. The molecule has 1 N–H and O–H groups in total. The van der Waals surface area contributed by atoms with Crippen LogP contribution in [0.25, 0.3) is 21.7 Å². The van der Waals surface area contributed by atoms with Crippen LogP contribution in [0.15, 0.2) is 59.8 Å². The molecule has 5 rings (SSSR count). The van der Waals surface area contributed by atoms with Gasteiger partial charge in [0.25, 0.3) is 5.56 Å². The molecule has 0 spiro atoms. The van der Waals surface area contributed by atoms with E-state index < -0.39 is 0 Å². The second-order valence-corrected chi connectivity index (χ2v) is 7.96. The zero-order valence-corrected chi connectivity index (χ0v) is 16.7. The van der Waals surface area contributed by atoms with E-state index >= 15 is 0 Å². The lowest BCUT2D eigenvalue weighted by Gasteiger charge is -2.24. The van der Waals surface area contributed by atoms with Crippen molar-refractivity contribution in [2.75, 3.05) is 13.2 Å². The van der Waals surface area contributed by atoms with Gasteiger partial charge in [-0.3, -0.25) is 9.36 Å². The summed E-state index contributed by atoms with van der Waals surface area (Å²) in [6.07, 6.45) is 6.05. The molecule has 6 heteroatoms. The molecule has 1 aliphatic heterocycles. The average Bonchev–Trinajstić information content (AvgIpc) is 2.77. The van der Waals surface area contributed by atoms with Crippen LogP contribution >= 0.6 is 12.2 Å². The van der Waals surface area contributed by atoms with Crippen LogP contribution in [0, 0.1) is 4.64 Å². The van der Waals surface area contributed by atoms with Crippen molar-refractivity contribution in [2.45, 2.75) is 25.3 Å². The Morgan fingerprint density at radius 2 is 1.90 bits per heavy atom. The number of rotatable bonds is 3. The summed E-state index contributed by atoms with van der Waals surface area (Å²) < 4.78 is 7.96. The van der Waals surface area contributed by atoms with Crippen LogP contribution in [0.1, 0.15) is 30.0 Å². The van der Waals surface area contributed by atoms with E-state index in [1.54, 1.807) is 10.9 Å². The lowest BCUT2D eigenvalue weighted by Crippen LogP contribution is -2.29. The SMILES string of the molecule is O=c1c2cc(Cc3ccc(=S)[nH]c3)c3ccccc3c2ncn1C1CCOCC1. The molecule has 0 unspecified atom stereocenters. The molecule has 146 valence electrons. The van der Waals surface area contributed by atoms with Crippen LogP contribution < -0.4 is 5.56 Å². The molecule has 0 atom stereocenters. The van der Waals surface area contributed by atoms with Crippen LogP contribution in [0.3, 0.4) is 0 Å². The maximum absolute atomic E-state index is 13.4. The Balaban J connectivity index is 1.70. The minimum atomic E-state index is 0.0290. The van der Waals surface area contributed by atoms with Crippen LogP contribution in [-0.2, 0) is 11.2 Å². The van der Waals surface area contributed by atoms with Gasteiger partial charge in [0, 0.05) is 30.8 Å². The highest BCUT2D eigenvalue weighted by atomic mass is 32.1. The second kappa shape index (κ2) is 7.54. The number of hydrogen-bond acceptors (Lipinski definition) is 4. The van der Waals surface area contributed by atoms with Gasteiger partial charge in [-0.25, -0.2) is 4.98 Å². The molecule has 0 bridgehead atoms. The molecule has 0 aliphatic carbocycles. The van der Waals surface area contributed by atoms with Gasteiger partial charge in [-0.05, 0) is 47.9 Å². The van der Waals surface area contributed by atoms with Crippen LogP contribution in [0.4, 0.5) is 0 Å². The Bertz CT molecular complexity index is 1300. The molecular formula is C23H21N3O2S. The van der Waals surface area contributed by atoms with Crippen molar-refractivity contribution in [2.24, 2.45) is 0 Å². The molecule has 1 fully saturated rings. The quantitative estimate of drug-likeness (QED) is 0.403. The average molecular weight is 404 g/mol. The lowest BCUT2D eigenvalue weighted by molar-refractivity contribution is 0.0685. The number of hydrogen-bond donors (Lipinski definition) is 1. The van der Waals surface area contributed by atoms with E-state index in [0.717, 1.165) is 40.3 Å². The Morgan fingerprint density at radius 1 is 1.10 bits per heavy atom. The van der Waals surface area contributed by atoms with E-state index in [4.69, 9.17) is 21.9 Å². The number of pyridine rings is 1. The Kier molecular flexibility index (Phi) is 4.73. The summed E-state index contributed by atoms with van der Waals surface area (Å²) in [5.41, 5.74) is 3.03. The summed E-state index contributed by atoms with van der Waals surface area (Å²) in [6.45, 7) is 1.38. The van der Waals surface area contributed by atoms with Gasteiger partial charge in [-0.15, -0.1) is 0 Å². The number of aromatic amines is 1. The predicted molar refractivity (Wildman–Crippen MR) is 117 cm³/mol. The number of nitrogens with zero attached hydrogens (tertiary/aromatic N) is 2. The third-order valence-corrected chi connectivity index (χ3v) is 5.96. The van der Waals surface area contributed by atoms with Crippen molar-refractivity contribution < 1.29 is 4.74 Å². The van der Waals surface area contributed by atoms with Gasteiger partial charge in [0.15, 0.2) is 0 Å². The van der Waals surface area contributed by atoms with E-state index in [1.807, 2.05) is 42.6 Å². The van der Waals surface area contributed by atoms with Crippen molar-refractivity contribution in [3.8, 4) is 0 Å². The van der Waals surface area contributed by atoms with Crippen LogP contribution in [0.5, 0.6) is 0 Å². The van der Waals surface area contributed by atoms with Gasteiger partial charge in [-0.2, -0.15) is 0 Å². The normalized spacial score (nSPS) is 15.2. The maximum atomic E-state index is 13.4. The molecular weight excluding hydrogens is 382 g/mol. The number of aromatic nitrogens is 3. The Labute approximate surface area is 173 Å². The fraction of sp³-hybridized carbons (Fsp3) is 0.261. The van der Waals surface area contributed by atoms with Crippen molar-refractivity contribution in [3.63, 3.8) is 0 Å². The smallest absolute Gasteiger partial charge is 0.261 e. The van der Waals surface area contributed by atoms with Gasteiger partial charge in [0.05, 0.1) is 17.2 Å². The topological polar surface area (TPSA) is 59.9 Å². The zero-order chi connectivity index (χ0) is 19.8. The molecule has 1 aliphatic rings. The first-order chi connectivity index (χ1) is 14.2. The molecule has 5 nitrogen and oxygen atoms in total. The summed E-state index contributed by atoms with van der Waals surface area (Å²) in [5.74, 6) is 0. The fourth-order valence-corrected chi connectivity index (χ4v) is 4.32. The number of nitrogens with one attached hydrogen (secondary N) is 1. The Morgan fingerprint density at radius 3 is 2.66 bits per heavy atom. The summed E-state index contributed by atoms with van der Waals surface area (Å²) in [7, 11) is 0. The molecule has 3 heterocycles. The van der Waals surface area contributed by atoms with Crippen molar-refractivity contribution in [3.05, 3.63) is 81.1 Å². The first-order valence-corrected chi connectivity index (χ1v) is 10.3. The highest BCUT2D eigenvalue weighted by Gasteiger charge is 2.19. The molecule has 4 aromatic rings. The molecule has 0 amide bonds. The van der Waals surface area contributed by atoms with Gasteiger partial charge in [0.1, 0.15) is 4.64 Å². The monoisotopic (exact) mass is 403 g/mol. The number of benzene rings is 2. The maximum Gasteiger partial charge on any atom is 0.261 e. The number of fused-ring (bicyclic) bond motifs is 3. The van der Waals surface area contributed by atoms with E-state index in [1.165, 1.54) is 0 Å². The lowest BCUT2D eigenvalue weighted by atomic mass is 9.96. The fourth-order valence-electron chi connectivity index (χ4n) is 4.19. The van der Waals surface area contributed by atoms with E-state index in [2.05, 4.69) is 11.1 Å². The standard InChI is InChI=1S/C23H21N3O2S/c27-23-20-12-16(11-15-5-6-21(29)24-13-15)18-3-1-2-4-19(18)22(20)25-14-26(23)17-7-9-28-10-8-17/h1-6,12-14,17H,7-11H2,(H,24,29). The summed E-state index contributed by atoms with van der Waals surface area (Å²) in [6, 6.07) is 14.3. The van der Waals surface area contributed by atoms with E-state index in [0.29, 0.717) is 29.7 Å². The molecule has 0 saturated carbocycles. The molecule has 2 aromatic heterocycles. The van der Waals surface area contributed by atoms with Gasteiger partial charge in [0.2, 0.25) is 0 Å². The van der Waals surface area contributed by atoms with Crippen LogP contribution in [0.2, 0.25) is 0 Å². The van der Waals surface area contributed by atoms with Crippen molar-refractivity contribution in [1.29, 1.82) is 0 Å². The molecule has 1 saturated heterocycles. The molecule has 2 aromatic carbocycles. The highest BCUT2D eigenvalue weighted by molar-refractivity contribution is 7.71. The second-order valence-electron chi connectivity index (χ2n) is 7.52. The predicted octanol–water partition coefficient (Wildman–Crippen LogP) is 4.55. The van der Waals surface area contributed by atoms with Crippen LogP contribution in [-0.4, -0.2) is 27.7 Å². The minimum Gasteiger partial charge on any atom is -0.381 e. The van der Waals surface area contributed by atoms with Gasteiger partial charge in [-0.1, -0.05) is 42.5 Å². The third kappa shape index (κ3) is 3.39. The number of H-pyrrole nitrogens is 1. The van der Waals surface area contributed by atoms with E-state index in [-0.39, 0.29) is 11.6 Å². The number of ether oxygens (including phenoxy) is 1. The first kappa shape index (κ1) is 18.2. The summed E-state index contributed by atoms with van der Waals surface area (Å²) in [5, 5.41) is 2.81. The van der Waals surface area contributed by atoms with E-state index in [9.17, 15) is 4.79 Å². The van der Waals surface area contributed by atoms with Crippen molar-refractivity contribution >= 4 is 33.9 Å². The molecule has 0 radical (unpaired) electrons. The summed E-state index contributed by atoms with van der Waals surface area (Å²) >= 11 is 5.15. The summed E-state index contributed by atoms with van der Waals surface area (Å²) in [4.78, 5) is 21.2. The van der Waals surface area contributed by atoms with Gasteiger partial charge < -0.3 is 9.72 Å². The van der Waals surface area contributed by atoms with Gasteiger partial charge >= 0.3 is 0 Å². The largest absolute Gasteiger partial charge is 0.381 e.